The van der Waals surface area contributed by atoms with Crippen LogP contribution in [-0.4, -0.2) is 20.7 Å². The number of benzene rings is 1. The molecule has 0 atom stereocenters. The lowest BCUT2D eigenvalue weighted by Gasteiger charge is -2.05. The maximum absolute atomic E-state index is 12.3. The Hall–Kier alpha value is -2.62. The van der Waals surface area contributed by atoms with Crippen molar-refractivity contribution in [1.82, 2.24) is 15.0 Å². The van der Waals surface area contributed by atoms with Gasteiger partial charge in [0.25, 0.3) is 0 Å². The van der Waals surface area contributed by atoms with Gasteiger partial charge in [0.1, 0.15) is 11.4 Å². The van der Waals surface area contributed by atoms with E-state index in [1.807, 2.05) is 31.2 Å². The summed E-state index contributed by atoms with van der Waals surface area (Å²) in [7, 11) is 0. The third-order valence-corrected chi connectivity index (χ3v) is 2.95. The monoisotopic (exact) mass is 249 g/mol. The number of aromatic nitrogens is 3. The molecule has 0 unspecified atom stereocenters. The van der Waals surface area contributed by atoms with Crippen LogP contribution in [0.5, 0.6) is 0 Å². The smallest absolute Gasteiger partial charge is 0.231 e. The Labute approximate surface area is 110 Å². The number of carbonyl (C=O) groups is 1. The molecular weight excluding hydrogens is 238 g/mol. The van der Waals surface area contributed by atoms with Crippen molar-refractivity contribution < 1.29 is 4.79 Å². The number of hydrogen-bond donors (Lipinski definition) is 0. The zero-order valence-electron chi connectivity index (χ0n) is 10.4. The molecule has 0 spiro atoms. The van der Waals surface area contributed by atoms with E-state index < -0.39 is 0 Å². The first-order valence-corrected chi connectivity index (χ1v) is 5.93. The third-order valence-electron chi connectivity index (χ3n) is 2.95. The van der Waals surface area contributed by atoms with Crippen molar-refractivity contribution in [2.75, 3.05) is 0 Å². The molecule has 2 aromatic heterocycles. The number of carbonyl (C=O) groups excluding carboxylic acids is 1. The van der Waals surface area contributed by atoms with E-state index in [0.717, 1.165) is 16.5 Å². The van der Waals surface area contributed by atoms with Crippen molar-refractivity contribution in [2.24, 2.45) is 0 Å². The summed E-state index contributed by atoms with van der Waals surface area (Å²) in [6, 6.07) is 9.55. The van der Waals surface area contributed by atoms with Crippen molar-refractivity contribution in [1.29, 1.82) is 0 Å². The Morgan fingerprint density at radius 3 is 2.74 bits per heavy atom. The van der Waals surface area contributed by atoms with E-state index in [1.54, 1.807) is 6.07 Å². The second-order valence-corrected chi connectivity index (χ2v) is 4.26. The highest BCUT2D eigenvalue weighted by Crippen LogP contribution is 2.18. The standard InChI is InChI=1S/C15H11N3O/c1-10-8-13(15(19)14-9-16-6-7-17-14)18-12-5-3-2-4-11(10)12/h2-9H,1H3. The Balaban J connectivity index is 2.14. The maximum atomic E-state index is 12.3. The fourth-order valence-electron chi connectivity index (χ4n) is 2.01. The number of hydrogen-bond acceptors (Lipinski definition) is 4. The Morgan fingerprint density at radius 1 is 1.11 bits per heavy atom. The summed E-state index contributed by atoms with van der Waals surface area (Å²) >= 11 is 0. The summed E-state index contributed by atoms with van der Waals surface area (Å²) < 4.78 is 0. The topological polar surface area (TPSA) is 55.7 Å². The van der Waals surface area contributed by atoms with Crippen LogP contribution in [0, 0.1) is 6.92 Å². The van der Waals surface area contributed by atoms with Crippen LogP contribution in [0.3, 0.4) is 0 Å². The van der Waals surface area contributed by atoms with Gasteiger partial charge in [-0.15, -0.1) is 0 Å². The number of pyridine rings is 1. The molecule has 3 aromatic rings. The van der Waals surface area contributed by atoms with E-state index in [2.05, 4.69) is 15.0 Å². The van der Waals surface area contributed by atoms with Crippen LogP contribution in [0.1, 0.15) is 21.7 Å². The molecule has 4 nitrogen and oxygen atoms in total. The van der Waals surface area contributed by atoms with Crippen LogP contribution in [-0.2, 0) is 0 Å². The van der Waals surface area contributed by atoms with E-state index in [-0.39, 0.29) is 5.78 Å². The molecule has 0 bridgehead atoms. The lowest BCUT2D eigenvalue weighted by Crippen LogP contribution is -2.07. The second-order valence-electron chi connectivity index (χ2n) is 4.26. The maximum Gasteiger partial charge on any atom is 0.231 e. The molecule has 0 amide bonds. The van der Waals surface area contributed by atoms with Crippen molar-refractivity contribution in [2.45, 2.75) is 6.92 Å². The fraction of sp³-hybridized carbons (Fsp3) is 0.0667. The van der Waals surface area contributed by atoms with E-state index >= 15 is 0 Å². The van der Waals surface area contributed by atoms with Gasteiger partial charge in [0.15, 0.2) is 0 Å². The molecular formula is C15H11N3O. The predicted molar refractivity (Wildman–Crippen MR) is 71.9 cm³/mol. The predicted octanol–water partition coefficient (Wildman–Crippen LogP) is 2.56. The number of aryl methyl sites for hydroxylation is 1. The van der Waals surface area contributed by atoms with Gasteiger partial charge in [-0.05, 0) is 24.6 Å². The first-order chi connectivity index (χ1) is 9.25. The normalized spacial score (nSPS) is 10.6. The molecule has 0 saturated heterocycles. The second kappa shape index (κ2) is 4.57. The first kappa shape index (κ1) is 11.5. The Bertz CT molecular complexity index is 754. The van der Waals surface area contributed by atoms with Crippen molar-refractivity contribution in [3.05, 3.63) is 65.9 Å². The minimum absolute atomic E-state index is 0.207. The number of ketones is 1. The largest absolute Gasteiger partial charge is 0.285 e. The summed E-state index contributed by atoms with van der Waals surface area (Å²) in [5.41, 5.74) is 2.55. The van der Waals surface area contributed by atoms with Crippen molar-refractivity contribution in [3.8, 4) is 0 Å². The SMILES string of the molecule is Cc1cc(C(=O)c2cnccn2)nc2ccccc12. The molecule has 2 heterocycles. The first-order valence-electron chi connectivity index (χ1n) is 5.93. The average molecular weight is 249 g/mol. The molecule has 4 heteroatoms. The van der Waals surface area contributed by atoms with Crippen LogP contribution in [0.4, 0.5) is 0 Å². The number of nitrogens with zero attached hydrogens (tertiary/aromatic N) is 3. The van der Waals surface area contributed by atoms with Crippen LogP contribution in [0.2, 0.25) is 0 Å². The van der Waals surface area contributed by atoms with E-state index in [4.69, 9.17) is 0 Å². The highest BCUT2D eigenvalue weighted by atomic mass is 16.1. The Morgan fingerprint density at radius 2 is 1.95 bits per heavy atom. The molecule has 19 heavy (non-hydrogen) atoms. The van der Waals surface area contributed by atoms with Crippen LogP contribution < -0.4 is 0 Å². The summed E-state index contributed by atoms with van der Waals surface area (Å²) in [5, 5.41) is 1.05. The minimum atomic E-state index is -0.207. The molecule has 0 aliphatic carbocycles. The minimum Gasteiger partial charge on any atom is -0.285 e. The molecule has 0 fully saturated rings. The molecule has 0 radical (unpaired) electrons. The lowest BCUT2D eigenvalue weighted by atomic mass is 10.1. The zero-order valence-corrected chi connectivity index (χ0v) is 10.4. The third kappa shape index (κ3) is 2.08. The average Bonchev–Trinajstić information content (AvgIpc) is 2.47. The summed E-state index contributed by atoms with van der Waals surface area (Å²) in [6.45, 7) is 1.97. The van der Waals surface area contributed by atoms with Crippen molar-refractivity contribution >= 4 is 16.7 Å². The van der Waals surface area contributed by atoms with Gasteiger partial charge in [-0.3, -0.25) is 9.78 Å². The van der Waals surface area contributed by atoms with Gasteiger partial charge < -0.3 is 0 Å². The molecule has 0 aliphatic heterocycles. The van der Waals surface area contributed by atoms with Gasteiger partial charge in [0.2, 0.25) is 5.78 Å². The van der Waals surface area contributed by atoms with Crippen LogP contribution in [0.25, 0.3) is 10.9 Å². The van der Waals surface area contributed by atoms with Crippen LogP contribution in [0.15, 0.2) is 48.9 Å². The zero-order chi connectivity index (χ0) is 13.2. The van der Waals surface area contributed by atoms with E-state index in [1.165, 1.54) is 18.6 Å². The highest BCUT2D eigenvalue weighted by molar-refractivity contribution is 6.07. The van der Waals surface area contributed by atoms with Gasteiger partial charge in [-0.1, -0.05) is 18.2 Å². The molecule has 0 aliphatic rings. The molecule has 0 saturated carbocycles. The van der Waals surface area contributed by atoms with Gasteiger partial charge >= 0.3 is 0 Å². The fourth-order valence-corrected chi connectivity index (χ4v) is 2.01. The molecule has 0 N–H and O–H groups in total. The summed E-state index contributed by atoms with van der Waals surface area (Å²) in [6.07, 6.45) is 4.49. The van der Waals surface area contributed by atoms with Gasteiger partial charge in [0.05, 0.1) is 11.7 Å². The van der Waals surface area contributed by atoms with Crippen LogP contribution >= 0.6 is 0 Å². The molecule has 92 valence electrons. The molecule has 3 rings (SSSR count). The summed E-state index contributed by atoms with van der Waals surface area (Å²) in [4.78, 5) is 24.6. The van der Waals surface area contributed by atoms with E-state index in [0.29, 0.717) is 11.4 Å². The quantitative estimate of drug-likeness (QED) is 0.655. The number of rotatable bonds is 2. The number of para-hydroxylation sites is 1. The van der Waals surface area contributed by atoms with Gasteiger partial charge in [0, 0.05) is 17.8 Å². The lowest BCUT2D eigenvalue weighted by molar-refractivity contribution is 0.102. The Kier molecular flexibility index (Phi) is 2.76. The number of fused-ring (bicyclic) bond motifs is 1. The van der Waals surface area contributed by atoms with E-state index in [9.17, 15) is 4.79 Å². The molecule has 1 aromatic carbocycles. The van der Waals surface area contributed by atoms with Crippen molar-refractivity contribution in [3.63, 3.8) is 0 Å². The highest BCUT2D eigenvalue weighted by Gasteiger charge is 2.13. The summed E-state index contributed by atoms with van der Waals surface area (Å²) in [5.74, 6) is -0.207. The van der Waals surface area contributed by atoms with Gasteiger partial charge in [-0.2, -0.15) is 0 Å². The van der Waals surface area contributed by atoms with Gasteiger partial charge in [-0.25, -0.2) is 9.97 Å².